The molecule has 1 rings (SSSR count). The standard InChI is InChI=1S/C6H5N/c1-5-2-6(3-5)4-7/h2H,1,3H2. The van der Waals surface area contributed by atoms with Gasteiger partial charge in [0.1, 0.15) is 0 Å². The minimum Gasteiger partial charge on any atom is -0.193 e. The molecule has 0 aromatic rings. The van der Waals surface area contributed by atoms with Crippen LogP contribution in [-0.2, 0) is 0 Å². The summed E-state index contributed by atoms with van der Waals surface area (Å²) >= 11 is 0. The van der Waals surface area contributed by atoms with Crippen molar-refractivity contribution in [3.8, 4) is 6.07 Å². The van der Waals surface area contributed by atoms with Crippen molar-refractivity contribution in [2.24, 2.45) is 0 Å². The molecule has 0 saturated heterocycles. The van der Waals surface area contributed by atoms with Crippen LogP contribution in [-0.4, -0.2) is 0 Å². The first-order valence-corrected chi connectivity index (χ1v) is 2.11. The number of hydrogen-bond acceptors (Lipinski definition) is 1. The lowest BCUT2D eigenvalue weighted by Crippen LogP contribution is -1.92. The minimum atomic E-state index is 0.802. The highest BCUT2D eigenvalue weighted by molar-refractivity contribution is 5.44. The highest BCUT2D eigenvalue weighted by Gasteiger charge is 2.06. The van der Waals surface area contributed by atoms with Crippen LogP contribution in [0.2, 0.25) is 0 Å². The minimum absolute atomic E-state index is 0.802. The summed E-state index contributed by atoms with van der Waals surface area (Å²) in [7, 11) is 0. The SMILES string of the molecule is C=C1C=C(C#N)C1. The van der Waals surface area contributed by atoms with Gasteiger partial charge in [-0.15, -0.1) is 0 Å². The van der Waals surface area contributed by atoms with Crippen LogP contribution in [0.1, 0.15) is 6.42 Å². The van der Waals surface area contributed by atoms with Crippen LogP contribution in [0.4, 0.5) is 0 Å². The normalized spacial score (nSPS) is 17.0. The molecule has 0 spiro atoms. The zero-order valence-corrected chi connectivity index (χ0v) is 3.94. The maximum Gasteiger partial charge on any atom is 0.0950 e. The molecule has 0 amide bonds. The van der Waals surface area contributed by atoms with Crippen LogP contribution in [0.3, 0.4) is 0 Å². The molecule has 1 heteroatoms. The Bertz CT molecular complexity index is 169. The van der Waals surface area contributed by atoms with E-state index in [1.165, 1.54) is 0 Å². The number of nitriles is 1. The van der Waals surface area contributed by atoms with Crippen LogP contribution in [0, 0.1) is 11.3 Å². The summed E-state index contributed by atoms with van der Waals surface area (Å²) in [6.07, 6.45) is 2.61. The van der Waals surface area contributed by atoms with Gasteiger partial charge in [0, 0.05) is 12.0 Å². The summed E-state index contributed by atoms with van der Waals surface area (Å²) in [5, 5.41) is 8.14. The van der Waals surface area contributed by atoms with Crippen molar-refractivity contribution < 1.29 is 0 Å². The summed E-state index contributed by atoms with van der Waals surface area (Å²) in [6, 6.07) is 2.03. The van der Waals surface area contributed by atoms with E-state index in [1.54, 1.807) is 6.08 Å². The van der Waals surface area contributed by atoms with Crippen molar-refractivity contribution >= 4 is 0 Å². The van der Waals surface area contributed by atoms with Gasteiger partial charge >= 0.3 is 0 Å². The van der Waals surface area contributed by atoms with Crippen molar-refractivity contribution in [2.45, 2.75) is 6.42 Å². The van der Waals surface area contributed by atoms with Gasteiger partial charge in [0.15, 0.2) is 0 Å². The molecule has 0 radical (unpaired) electrons. The predicted molar refractivity (Wildman–Crippen MR) is 27.5 cm³/mol. The summed E-state index contributed by atoms with van der Waals surface area (Å²) in [5.74, 6) is 0. The molecular formula is C6H5N. The first-order chi connectivity index (χ1) is 3.33. The van der Waals surface area contributed by atoms with Crippen LogP contribution < -0.4 is 0 Å². The molecular weight excluding hydrogens is 86.1 g/mol. The van der Waals surface area contributed by atoms with Crippen LogP contribution >= 0.6 is 0 Å². The maximum absolute atomic E-state index is 8.14. The Morgan fingerprint density at radius 3 is 2.57 bits per heavy atom. The smallest absolute Gasteiger partial charge is 0.0950 e. The van der Waals surface area contributed by atoms with E-state index >= 15 is 0 Å². The predicted octanol–water partition coefficient (Wildman–Crippen LogP) is 1.40. The molecule has 1 aliphatic rings. The average molecular weight is 91.1 g/mol. The molecule has 0 unspecified atom stereocenters. The number of allylic oxidation sites excluding steroid dienone is 3. The lowest BCUT2D eigenvalue weighted by molar-refractivity contribution is 1.12. The molecule has 0 aliphatic heterocycles. The lowest BCUT2D eigenvalue weighted by Gasteiger charge is -2.07. The van der Waals surface area contributed by atoms with Gasteiger partial charge in [-0.1, -0.05) is 6.58 Å². The quantitative estimate of drug-likeness (QED) is 0.442. The first-order valence-electron chi connectivity index (χ1n) is 2.11. The fourth-order valence-corrected chi connectivity index (χ4v) is 0.534. The molecule has 7 heavy (non-hydrogen) atoms. The maximum atomic E-state index is 8.14. The second-order valence-corrected chi connectivity index (χ2v) is 1.62. The van der Waals surface area contributed by atoms with Gasteiger partial charge in [0.2, 0.25) is 0 Å². The Morgan fingerprint density at radius 1 is 1.86 bits per heavy atom. The largest absolute Gasteiger partial charge is 0.193 e. The van der Waals surface area contributed by atoms with Gasteiger partial charge in [0.25, 0.3) is 0 Å². The number of hydrogen-bond donors (Lipinski definition) is 0. The fourth-order valence-electron chi connectivity index (χ4n) is 0.534. The van der Waals surface area contributed by atoms with Crippen molar-refractivity contribution in [1.82, 2.24) is 0 Å². The molecule has 0 N–H and O–H groups in total. The van der Waals surface area contributed by atoms with Crippen molar-refractivity contribution in [2.75, 3.05) is 0 Å². The third-order valence-corrected chi connectivity index (χ3v) is 0.939. The molecule has 0 aromatic carbocycles. The van der Waals surface area contributed by atoms with E-state index in [0.29, 0.717) is 0 Å². The molecule has 0 heterocycles. The molecule has 0 atom stereocenters. The van der Waals surface area contributed by atoms with E-state index in [4.69, 9.17) is 5.26 Å². The molecule has 1 nitrogen and oxygen atoms in total. The fraction of sp³-hybridized carbons (Fsp3) is 0.167. The van der Waals surface area contributed by atoms with E-state index in [-0.39, 0.29) is 0 Å². The van der Waals surface area contributed by atoms with E-state index in [2.05, 4.69) is 6.58 Å². The zero-order valence-electron chi connectivity index (χ0n) is 3.94. The molecule has 0 aromatic heterocycles. The van der Waals surface area contributed by atoms with E-state index in [1.807, 2.05) is 6.07 Å². The summed E-state index contributed by atoms with van der Waals surface area (Å²) in [6.45, 7) is 3.63. The molecule has 1 aliphatic carbocycles. The van der Waals surface area contributed by atoms with E-state index in [9.17, 15) is 0 Å². The van der Waals surface area contributed by atoms with Gasteiger partial charge in [-0.3, -0.25) is 0 Å². The van der Waals surface area contributed by atoms with Crippen LogP contribution in [0.5, 0.6) is 0 Å². The lowest BCUT2D eigenvalue weighted by atomic mass is 9.96. The third-order valence-electron chi connectivity index (χ3n) is 0.939. The Morgan fingerprint density at radius 2 is 2.43 bits per heavy atom. The second-order valence-electron chi connectivity index (χ2n) is 1.62. The Kier molecular flexibility index (Phi) is 0.729. The van der Waals surface area contributed by atoms with Gasteiger partial charge in [-0.05, 0) is 11.6 Å². The monoisotopic (exact) mass is 91.0 g/mol. The first kappa shape index (κ1) is 4.14. The molecule has 34 valence electrons. The summed E-state index contributed by atoms with van der Waals surface area (Å²) in [5.41, 5.74) is 1.92. The van der Waals surface area contributed by atoms with Crippen molar-refractivity contribution in [1.29, 1.82) is 5.26 Å². The van der Waals surface area contributed by atoms with Gasteiger partial charge in [0.05, 0.1) is 6.07 Å². The summed E-state index contributed by atoms with van der Waals surface area (Å²) < 4.78 is 0. The van der Waals surface area contributed by atoms with E-state index < -0.39 is 0 Å². The zero-order chi connectivity index (χ0) is 5.28. The summed E-state index contributed by atoms with van der Waals surface area (Å²) in [4.78, 5) is 0. The Balaban J connectivity index is 2.72. The van der Waals surface area contributed by atoms with Gasteiger partial charge in [-0.25, -0.2) is 0 Å². The average Bonchev–Trinajstić information content (AvgIpc) is 1.58. The number of nitrogens with zero attached hydrogens (tertiary/aromatic N) is 1. The van der Waals surface area contributed by atoms with Crippen LogP contribution in [0.25, 0.3) is 0 Å². The molecule has 0 bridgehead atoms. The Labute approximate surface area is 42.6 Å². The van der Waals surface area contributed by atoms with Gasteiger partial charge < -0.3 is 0 Å². The second kappa shape index (κ2) is 1.23. The number of rotatable bonds is 0. The third kappa shape index (κ3) is 0.545. The topological polar surface area (TPSA) is 23.8 Å². The van der Waals surface area contributed by atoms with Crippen molar-refractivity contribution in [3.05, 3.63) is 23.8 Å². The highest BCUT2D eigenvalue weighted by Crippen LogP contribution is 2.21. The van der Waals surface area contributed by atoms with Crippen LogP contribution in [0.15, 0.2) is 23.8 Å². The van der Waals surface area contributed by atoms with Crippen molar-refractivity contribution in [3.63, 3.8) is 0 Å². The Hall–Kier alpha value is -1.03. The van der Waals surface area contributed by atoms with Gasteiger partial charge in [-0.2, -0.15) is 5.26 Å². The molecule has 0 fully saturated rings. The van der Waals surface area contributed by atoms with E-state index in [0.717, 1.165) is 17.6 Å². The molecule has 0 saturated carbocycles. The highest BCUT2D eigenvalue weighted by atomic mass is 14.3.